The number of nitrogens with zero attached hydrogens (tertiary/aromatic N) is 2. The fourth-order valence-corrected chi connectivity index (χ4v) is 1.62. The number of hydrogen-bond donors (Lipinski definition) is 1. The summed E-state index contributed by atoms with van der Waals surface area (Å²) in [7, 11) is 3.48. The smallest absolute Gasteiger partial charge is 0.255 e. The number of methoxy groups -OCH3 is 1. The summed E-state index contributed by atoms with van der Waals surface area (Å²) in [6.07, 6.45) is 3.71. The van der Waals surface area contributed by atoms with Gasteiger partial charge in [-0.1, -0.05) is 13.3 Å². The van der Waals surface area contributed by atoms with Crippen LogP contribution >= 0.6 is 0 Å². The van der Waals surface area contributed by atoms with Gasteiger partial charge in [0, 0.05) is 33.4 Å². The number of ether oxygens (including phenoxy) is 1. The minimum atomic E-state index is 0.0180. The monoisotopic (exact) mass is 265 g/mol. The SMILES string of the molecule is CCCCN(C)C(=O)c1ccc(NCCOC)nc1. The molecule has 0 aliphatic heterocycles. The molecular formula is C14H23N3O2. The Morgan fingerprint density at radius 3 is 2.84 bits per heavy atom. The molecule has 1 rings (SSSR count). The number of aromatic nitrogens is 1. The van der Waals surface area contributed by atoms with E-state index in [2.05, 4.69) is 17.2 Å². The van der Waals surface area contributed by atoms with Crippen LogP contribution in [0.15, 0.2) is 18.3 Å². The van der Waals surface area contributed by atoms with Gasteiger partial charge in [0.1, 0.15) is 5.82 Å². The Morgan fingerprint density at radius 2 is 2.26 bits per heavy atom. The van der Waals surface area contributed by atoms with Gasteiger partial charge < -0.3 is 15.0 Å². The molecule has 0 atom stereocenters. The first kappa shape index (κ1) is 15.4. The molecule has 1 heterocycles. The Kier molecular flexibility index (Phi) is 6.89. The van der Waals surface area contributed by atoms with E-state index in [9.17, 15) is 4.79 Å². The van der Waals surface area contributed by atoms with Crippen LogP contribution in [0.3, 0.4) is 0 Å². The lowest BCUT2D eigenvalue weighted by molar-refractivity contribution is 0.0793. The quantitative estimate of drug-likeness (QED) is 0.731. The van der Waals surface area contributed by atoms with Crippen LogP contribution in [0.25, 0.3) is 0 Å². The first-order valence-corrected chi connectivity index (χ1v) is 6.63. The van der Waals surface area contributed by atoms with Crippen LogP contribution in [0.4, 0.5) is 5.82 Å². The van der Waals surface area contributed by atoms with E-state index in [0.717, 1.165) is 25.2 Å². The van der Waals surface area contributed by atoms with Gasteiger partial charge in [-0.25, -0.2) is 4.98 Å². The second-order valence-electron chi connectivity index (χ2n) is 4.43. The molecular weight excluding hydrogens is 242 g/mol. The maximum atomic E-state index is 12.1. The Bertz CT molecular complexity index is 379. The summed E-state index contributed by atoms with van der Waals surface area (Å²) in [5.74, 6) is 0.772. The third kappa shape index (κ3) is 5.26. The number of pyridine rings is 1. The molecule has 0 aliphatic rings. The molecule has 0 fully saturated rings. The first-order valence-electron chi connectivity index (χ1n) is 6.63. The highest BCUT2D eigenvalue weighted by Gasteiger charge is 2.11. The van der Waals surface area contributed by atoms with Gasteiger partial charge in [0.2, 0.25) is 0 Å². The molecule has 0 saturated carbocycles. The summed E-state index contributed by atoms with van der Waals surface area (Å²) in [5, 5.41) is 3.11. The van der Waals surface area contributed by atoms with Gasteiger partial charge in [0.05, 0.1) is 12.2 Å². The van der Waals surface area contributed by atoms with E-state index in [1.54, 1.807) is 24.3 Å². The Balaban J connectivity index is 2.52. The molecule has 106 valence electrons. The lowest BCUT2D eigenvalue weighted by Gasteiger charge is -2.16. The molecule has 0 unspecified atom stereocenters. The molecule has 5 nitrogen and oxygen atoms in total. The van der Waals surface area contributed by atoms with Crippen molar-refractivity contribution in [2.75, 3.05) is 39.2 Å². The minimum absolute atomic E-state index is 0.0180. The highest BCUT2D eigenvalue weighted by atomic mass is 16.5. The van der Waals surface area contributed by atoms with Gasteiger partial charge in [0.25, 0.3) is 5.91 Å². The molecule has 0 aromatic carbocycles. The van der Waals surface area contributed by atoms with E-state index >= 15 is 0 Å². The first-order chi connectivity index (χ1) is 9.19. The molecule has 1 N–H and O–H groups in total. The van der Waals surface area contributed by atoms with Crippen LogP contribution in [0.2, 0.25) is 0 Å². The van der Waals surface area contributed by atoms with E-state index < -0.39 is 0 Å². The number of carbonyl (C=O) groups excluding carboxylic acids is 1. The molecule has 1 aromatic heterocycles. The molecule has 19 heavy (non-hydrogen) atoms. The van der Waals surface area contributed by atoms with Gasteiger partial charge in [-0.05, 0) is 18.6 Å². The normalized spacial score (nSPS) is 10.3. The Morgan fingerprint density at radius 1 is 1.47 bits per heavy atom. The zero-order valence-corrected chi connectivity index (χ0v) is 12.0. The zero-order chi connectivity index (χ0) is 14.1. The summed E-state index contributed by atoms with van der Waals surface area (Å²) in [4.78, 5) is 18.0. The number of rotatable bonds is 8. The molecule has 1 amide bonds. The van der Waals surface area contributed by atoms with Gasteiger partial charge in [-0.2, -0.15) is 0 Å². The van der Waals surface area contributed by atoms with E-state index in [1.807, 2.05) is 13.1 Å². The van der Waals surface area contributed by atoms with Crippen molar-refractivity contribution < 1.29 is 9.53 Å². The summed E-state index contributed by atoms with van der Waals surface area (Å²) in [6.45, 7) is 4.22. The van der Waals surface area contributed by atoms with Crippen molar-refractivity contribution in [3.05, 3.63) is 23.9 Å². The highest BCUT2D eigenvalue weighted by molar-refractivity contribution is 5.93. The third-order valence-electron chi connectivity index (χ3n) is 2.82. The van der Waals surface area contributed by atoms with Gasteiger partial charge in [-0.15, -0.1) is 0 Å². The van der Waals surface area contributed by atoms with Crippen molar-refractivity contribution in [2.24, 2.45) is 0 Å². The molecule has 0 bridgehead atoms. The van der Waals surface area contributed by atoms with E-state index in [0.29, 0.717) is 18.7 Å². The van der Waals surface area contributed by atoms with Crippen molar-refractivity contribution in [3.8, 4) is 0 Å². The number of amides is 1. The largest absolute Gasteiger partial charge is 0.383 e. The predicted octanol–water partition coefficient (Wildman–Crippen LogP) is 2.01. The Labute approximate surface area is 115 Å². The second-order valence-corrected chi connectivity index (χ2v) is 4.43. The Hall–Kier alpha value is -1.62. The number of nitrogens with one attached hydrogen (secondary N) is 1. The maximum Gasteiger partial charge on any atom is 0.255 e. The fourth-order valence-electron chi connectivity index (χ4n) is 1.62. The highest BCUT2D eigenvalue weighted by Crippen LogP contribution is 2.07. The average molecular weight is 265 g/mol. The van der Waals surface area contributed by atoms with Crippen LogP contribution in [-0.4, -0.2) is 49.6 Å². The van der Waals surface area contributed by atoms with Crippen molar-refractivity contribution in [1.82, 2.24) is 9.88 Å². The third-order valence-corrected chi connectivity index (χ3v) is 2.82. The van der Waals surface area contributed by atoms with Crippen molar-refractivity contribution in [2.45, 2.75) is 19.8 Å². The maximum absolute atomic E-state index is 12.1. The number of unbranched alkanes of at least 4 members (excludes halogenated alkanes) is 1. The van der Waals surface area contributed by atoms with Gasteiger partial charge >= 0.3 is 0 Å². The lowest BCUT2D eigenvalue weighted by Crippen LogP contribution is -2.27. The molecule has 1 aromatic rings. The van der Waals surface area contributed by atoms with E-state index in [4.69, 9.17) is 4.74 Å². The summed E-state index contributed by atoms with van der Waals surface area (Å²) < 4.78 is 4.94. The molecule has 5 heteroatoms. The van der Waals surface area contributed by atoms with Crippen molar-refractivity contribution in [1.29, 1.82) is 0 Å². The van der Waals surface area contributed by atoms with Crippen LogP contribution in [0.1, 0.15) is 30.1 Å². The summed E-state index contributed by atoms with van der Waals surface area (Å²) >= 11 is 0. The average Bonchev–Trinajstić information content (AvgIpc) is 2.45. The van der Waals surface area contributed by atoms with Gasteiger partial charge in [-0.3, -0.25) is 4.79 Å². The van der Waals surface area contributed by atoms with Crippen LogP contribution in [0.5, 0.6) is 0 Å². The minimum Gasteiger partial charge on any atom is -0.383 e. The number of carbonyl (C=O) groups is 1. The molecule has 0 saturated heterocycles. The van der Waals surface area contributed by atoms with E-state index in [-0.39, 0.29) is 5.91 Å². The number of anilines is 1. The van der Waals surface area contributed by atoms with Crippen molar-refractivity contribution in [3.63, 3.8) is 0 Å². The topological polar surface area (TPSA) is 54.5 Å². The molecule has 0 radical (unpaired) electrons. The summed E-state index contributed by atoms with van der Waals surface area (Å²) in [6, 6.07) is 3.61. The zero-order valence-electron chi connectivity index (χ0n) is 12.0. The molecule has 0 spiro atoms. The van der Waals surface area contributed by atoms with Crippen LogP contribution in [-0.2, 0) is 4.74 Å². The van der Waals surface area contributed by atoms with Crippen LogP contribution < -0.4 is 5.32 Å². The number of hydrogen-bond acceptors (Lipinski definition) is 4. The summed E-state index contributed by atoms with van der Waals surface area (Å²) in [5.41, 5.74) is 0.621. The van der Waals surface area contributed by atoms with E-state index in [1.165, 1.54) is 0 Å². The fraction of sp³-hybridized carbons (Fsp3) is 0.571. The van der Waals surface area contributed by atoms with Crippen molar-refractivity contribution >= 4 is 11.7 Å². The predicted molar refractivity (Wildman–Crippen MR) is 76.5 cm³/mol. The lowest BCUT2D eigenvalue weighted by atomic mass is 10.2. The van der Waals surface area contributed by atoms with Crippen LogP contribution in [0, 0.1) is 0 Å². The standard InChI is InChI=1S/C14H23N3O2/c1-4-5-9-17(2)14(18)12-6-7-13(16-11-12)15-8-10-19-3/h6-7,11H,4-5,8-10H2,1-3H3,(H,15,16). The molecule has 0 aliphatic carbocycles. The second kappa shape index (κ2) is 8.48. The van der Waals surface area contributed by atoms with Gasteiger partial charge in [0.15, 0.2) is 0 Å².